The van der Waals surface area contributed by atoms with Crippen molar-refractivity contribution in [1.82, 2.24) is 15.0 Å². The molecule has 0 saturated carbocycles. The van der Waals surface area contributed by atoms with E-state index in [2.05, 4.69) is 58.9 Å². The Hall–Kier alpha value is -2.73. The van der Waals surface area contributed by atoms with E-state index in [4.69, 9.17) is 4.98 Å². The molecule has 0 spiro atoms. The van der Waals surface area contributed by atoms with Gasteiger partial charge in [-0.1, -0.05) is 42.8 Å². The molecule has 4 rings (SSSR count). The molecule has 1 aromatic carbocycles. The Kier molecular flexibility index (Phi) is 4.90. The molecule has 4 aromatic rings. The van der Waals surface area contributed by atoms with Crippen molar-refractivity contribution in [3.8, 4) is 11.1 Å². The molecule has 6 heteroatoms. The minimum atomic E-state index is -0.154. The second-order valence-electron chi connectivity index (χ2n) is 8.38. The third-order valence-electron chi connectivity index (χ3n) is 5.42. The van der Waals surface area contributed by atoms with Crippen LogP contribution in [0.2, 0.25) is 0 Å². The summed E-state index contributed by atoms with van der Waals surface area (Å²) in [6.07, 6.45) is 5.23. The van der Waals surface area contributed by atoms with Gasteiger partial charge in [0.25, 0.3) is 5.56 Å². The molecule has 3 aromatic heterocycles. The van der Waals surface area contributed by atoms with E-state index >= 15 is 0 Å². The largest absolute Gasteiger partial charge is 0.367 e. The maximum absolute atomic E-state index is 12.8. The van der Waals surface area contributed by atoms with Gasteiger partial charge in [0, 0.05) is 51.0 Å². The lowest BCUT2D eigenvalue weighted by atomic mass is 9.88. The Bertz CT molecular complexity index is 1260. The third kappa shape index (κ3) is 3.65. The molecular weight excluding hydrogens is 428 g/mol. The van der Waals surface area contributed by atoms with Gasteiger partial charge in [-0.3, -0.25) is 9.78 Å². The zero-order chi connectivity index (χ0) is 20.8. The maximum Gasteiger partial charge on any atom is 0.258 e. The molecule has 0 amide bonds. The Labute approximate surface area is 177 Å². The van der Waals surface area contributed by atoms with Crippen LogP contribution < -0.4 is 10.9 Å². The van der Waals surface area contributed by atoms with Crippen LogP contribution in [-0.4, -0.2) is 21.0 Å². The number of aromatic nitrogens is 3. The Morgan fingerprint density at radius 3 is 2.66 bits per heavy atom. The van der Waals surface area contributed by atoms with Crippen molar-refractivity contribution >= 4 is 43.4 Å². The van der Waals surface area contributed by atoms with E-state index in [1.165, 1.54) is 0 Å². The number of fused-ring (bicyclic) bond motifs is 3. The van der Waals surface area contributed by atoms with Gasteiger partial charge in [0.05, 0.1) is 10.9 Å². The number of pyridine rings is 3. The number of hydrogen-bond acceptors (Lipinski definition) is 4. The normalized spacial score (nSPS) is 13.0. The molecule has 29 heavy (non-hydrogen) atoms. The summed E-state index contributed by atoms with van der Waals surface area (Å²) in [6.45, 7) is 8.72. The minimum Gasteiger partial charge on any atom is -0.367 e. The van der Waals surface area contributed by atoms with Crippen LogP contribution in [-0.2, 0) is 0 Å². The second-order valence-corrected chi connectivity index (χ2v) is 9.29. The van der Waals surface area contributed by atoms with E-state index < -0.39 is 0 Å². The molecule has 0 fully saturated rings. The van der Waals surface area contributed by atoms with Crippen LogP contribution in [0.15, 0.2) is 58.2 Å². The third-order valence-corrected chi connectivity index (χ3v) is 5.91. The number of anilines is 1. The first kappa shape index (κ1) is 19.6. The molecule has 0 saturated heterocycles. The first-order valence-corrected chi connectivity index (χ1v) is 10.4. The van der Waals surface area contributed by atoms with Gasteiger partial charge < -0.3 is 10.3 Å². The van der Waals surface area contributed by atoms with Crippen LogP contribution >= 0.6 is 15.9 Å². The lowest BCUT2D eigenvalue weighted by Crippen LogP contribution is -2.31. The van der Waals surface area contributed by atoms with E-state index in [1.807, 2.05) is 30.3 Å². The quantitative estimate of drug-likeness (QED) is 0.390. The number of aromatic amines is 1. The summed E-state index contributed by atoms with van der Waals surface area (Å²) in [5, 5.41) is 5.94. The SMILES string of the molecule is CC(Nc1nc2c(-c3cccnc3)c[nH]c(=O)c2c2cc(Br)ccc12)C(C)(C)C. The molecule has 1 unspecified atom stereocenters. The van der Waals surface area contributed by atoms with Crippen LogP contribution in [0.1, 0.15) is 27.7 Å². The van der Waals surface area contributed by atoms with Crippen LogP contribution in [0.3, 0.4) is 0 Å². The smallest absolute Gasteiger partial charge is 0.258 e. The number of benzene rings is 1. The second kappa shape index (κ2) is 7.26. The average Bonchev–Trinajstić information content (AvgIpc) is 2.67. The van der Waals surface area contributed by atoms with Gasteiger partial charge in [0.15, 0.2) is 0 Å². The summed E-state index contributed by atoms with van der Waals surface area (Å²) in [6, 6.07) is 9.99. The van der Waals surface area contributed by atoms with E-state index in [1.54, 1.807) is 18.6 Å². The fraction of sp³-hybridized carbons (Fsp3) is 0.261. The Balaban J connectivity index is 2.09. The highest BCUT2D eigenvalue weighted by Crippen LogP contribution is 2.35. The van der Waals surface area contributed by atoms with E-state index in [-0.39, 0.29) is 17.0 Å². The fourth-order valence-electron chi connectivity index (χ4n) is 3.26. The van der Waals surface area contributed by atoms with Gasteiger partial charge in [-0.05, 0) is 36.6 Å². The fourth-order valence-corrected chi connectivity index (χ4v) is 3.62. The van der Waals surface area contributed by atoms with E-state index in [0.29, 0.717) is 10.9 Å². The molecule has 0 aliphatic heterocycles. The van der Waals surface area contributed by atoms with Crippen LogP contribution in [0, 0.1) is 5.41 Å². The van der Waals surface area contributed by atoms with Gasteiger partial charge in [0.2, 0.25) is 0 Å². The van der Waals surface area contributed by atoms with Crippen LogP contribution in [0.25, 0.3) is 32.8 Å². The number of hydrogen-bond donors (Lipinski definition) is 2. The average molecular weight is 451 g/mol. The summed E-state index contributed by atoms with van der Waals surface area (Å²) in [4.78, 5) is 24.9. The number of rotatable bonds is 3. The van der Waals surface area contributed by atoms with Gasteiger partial charge in [-0.25, -0.2) is 4.98 Å². The topological polar surface area (TPSA) is 70.7 Å². The van der Waals surface area contributed by atoms with Crippen molar-refractivity contribution < 1.29 is 0 Å². The van der Waals surface area contributed by atoms with E-state index in [0.717, 1.165) is 32.2 Å². The van der Waals surface area contributed by atoms with E-state index in [9.17, 15) is 4.79 Å². The molecule has 3 heterocycles. The van der Waals surface area contributed by atoms with Crippen molar-refractivity contribution in [3.63, 3.8) is 0 Å². The van der Waals surface area contributed by atoms with Gasteiger partial charge >= 0.3 is 0 Å². The summed E-state index contributed by atoms with van der Waals surface area (Å²) in [5.41, 5.74) is 2.32. The number of halogens is 1. The lowest BCUT2D eigenvalue weighted by Gasteiger charge is -2.29. The lowest BCUT2D eigenvalue weighted by molar-refractivity contribution is 0.359. The molecule has 2 N–H and O–H groups in total. The van der Waals surface area contributed by atoms with Crippen molar-refractivity contribution in [3.05, 3.63) is 63.7 Å². The summed E-state index contributed by atoms with van der Waals surface area (Å²) >= 11 is 3.55. The molecule has 0 radical (unpaired) electrons. The standard InChI is InChI=1S/C23H23BrN4O/c1-13(23(2,3)4)27-21-16-8-7-15(24)10-17(16)19-20(28-21)18(12-26-22(19)29)14-6-5-9-25-11-14/h5-13H,1-4H3,(H,26,29)(H,27,28). The first-order valence-electron chi connectivity index (χ1n) is 9.57. The molecule has 5 nitrogen and oxygen atoms in total. The minimum absolute atomic E-state index is 0.0542. The Morgan fingerprint density at radius 2 is 1.97 bits per heavy atom. The summed E-state index contributed by atoms with van der Waals surface area (Å²) in [7, 11) is 0. The van der Waals surface area contributed by atoms with Crippen LogP contribution in [0.5, 0.6) is 0 Å². The Morgan fingerprint density at radius 1 is 1.17 bits per heavy atom. The molecular formula is C23H23BrN4O. The van der Waals surface area contributed by atoms with Gasteiger partial charge in [-0.2, -0.15) is 0 Å². The summed E-state index contributed by atoms with van der Waals surface area (Å²) in [5.74, 6) is 0.776. The molecule has 1 atom stereocenters. The highest BCUT2D eigenvalue weighted by Gasteiger charge is 2.22. The molecule has 0 aliphatic carbocycles. The van der Waals surface area contributed by atoms with Crippen LogP contribution in [0.4, 0.5) is 5.82 Å². The monoisotopic (exact) mass is 450 g/mol. The zero-order valence-electron chi connectivity index (χ0n) is 16.9. The van der Waals surface area contributed by atoms with Crippen molar-refractivity contribution in [2.75, 3.05) is 5.32 Å². The summed E-state index contributed by atoms with van der Waals surface area (Å²) < 4.78 is 0.915. The van der Waals surface area contributed by atoms with Crippen molar-refractivity contribution in [2.24, 2.45) is 5.41 Å². The number of nitrogens with one attached hydrogen (secondary N) is 2. The number of H-pyrrole nitrogens is 1. The number of nitrogens with zero attached hydrogens (tertiary/aromatic N) is 2. The van der Waals surface area contributed by atoms with Gasteiger partial charge in [0.1, 0.15) is 5.82 Å². The maximum atomic E-state index is 12.8. The predicted molar refractivity (Wildman–Crippen MR) is 123 cm³/mol. The molecule has 0 aliphatic rings. The highest BCUT2D eigenvalue weighted by molar-refractivity contribution is 9.10. The molecule has 0 bridgehead atoms. The van der Waals surface area contributed by atoms with Crippen molar-refractivity contribution in [1.29, 1.82) is 0 Å². The predicted octanol–water partition coefficient (Wildman–Crippen LogP) is 5.75. The first-order chi connectivity index (χ1) is 13.8. The zero-order valence-corrected chi connectivity index (χ0v) is 18.5. The van der Waals surface area contributed by atoms with Gasteiger partial charge in [-0.15, -0.1) is 0 Å². The van der Waals surface area contributed by atoms with Crippen molar-refractivity contribution in [2.45, 2.75) is 33.7 Å². The highest BCUT2D eigenvalue weighted by atomic mass is 79.9. The molecule has 148 valence electrons.